The van der Waals surface area contributed by atoms with E-state index in [0.717, 1.165) is 17.4 Å². The van der Waals surface area contributed by atoms with Crippen LogP contribution < -0.4 is 10.1 Å². The predicted molar refractivity (Wildman–Crippen MR) is 134 cm³/mol. The van der Waals surface area contributed by atoms with Crippen molar-refractivity contribution in [1.29, 1.82) is 0 Å². The molecule has 1 aromatic heterocycles. The molecule has 1 heterocycles. The number of carbonyl (C=O) groups excluding carboxylic acids is 1. The lowest BCUT2D eigenvalue weighted by Crippen LogP contribution is -2.25. The third-order valence-electron chi connectivity index (χ3n) is 6.48. The standard InChI is InChI=1S/C27H20F4N2O4S/c28-20-12-16(14-4-6-15(7-5-14)24(34)18-2-1-3-19(18)25(35)36)8-10-21(20)32-26-33-22-11-9-17(13-23(22)38-26)37-27(29,30)31/h4-13,18-19H,1-3H2,(H,32,33)(H,35,36)/t18-,19?/m1/s1. The maximum atomic E-state index is 14.9. The maximum Gasteiger partial charge on any atom is 0.573 e. The highest BCUT2D eigenvalue weighted by atomic mass is 32.1. The summed E-state index contributed by atoms with van der Waals surface area (Å²) in [5.41, 5.74) is 2.23. The number of rotatable bonds is 7. The second-order valence-electron chi connectivity index (χ2n) is 8.94. The summed E-state index contributed by atoms with van der Waals surface area (Å²) < 4.78 is 56.7. The van der Waals surface area contributed by atoms with Gasteiger partial charge in [-0.05, 0) is 48.2 Å². The van der Waals surface area contributed by atoms with E-state index in [4.69, 9.17) is 0 Å². The van der Waals surface area contributed by atoms with E-state index in [1.54, 1.807) is 30.3 Å². The molecule has 0 bridgehead atoms. The average molecular weight is 545 g/mol. The van der Waals surface area contributed by atoms with Crippen LogP contribution in [0.1, 0.15) is 29.6 Å². The lowest BCUT2D eigenvalue weighted by atomic mass is 9.88. The molecule has 4 aromatic rings. The lowest BCUT2D eigenvalue weighted by Gasteiger charge is -2.15. The molecule has 2 N–H and O–H groups in total. The number of anilines is 2. The number of nitrogens with zero attached hydrogens (tertiary/aromatic N) is 1. The van der Waals surface area contributed by atoms with Gasteiger partial charge in [-0.3, -0.25) is 9.59 Å². The van der Waals surface area contributed by atoms with Gasteiger partial charge < -0.3 is 15.2 Å². The third kappa shape index (κ3) is 5.47. The summed E-state index contributed by atoms with van der Waals surface area (Å²) in [6, 6.07) is 14.9. The SMILES string of the molecule is O=C(O)C1CCC[C@H]1C(=O)c1ccc(-c2ccc(Nc3nc4ccc(OC(F)(F)F)cc4s3)c(F)c2)cc1. The molecule has 0 aliphatic heterocycles. The normalized spacial score (nSPS) is 17.5. The Bertz CT molecular complexity index is 1520. The molecule has 6 nitrogen and oxygen atoms in total. The number of ketones is 1. The third-order valence-corrected chi connectivity index (χ3v) is 7.41. The Morgan fingerprint density at radius 1 is 0.974 bits per heavy atom. The van der Waals surface area contributed by atoms with Crippen LogP contribution in [0.25, 0.3) is 21.3 Å². The molecule has 38 heavy (non-hydrogen) atoms. The Balaban J connectivity index is 1.30. The molecule has 196 valence electrons. The molecule has 1 saturated carbocycles. The molecule has 1 aliphatic carbocycles. The van der Waals surface area contributed by atoms with E-state index in [1.807, 2.05) is 0 Å². The summed E-state index contributed by atoms with van der Waals surface area (Å²) in [4.78, 5) is 28.5. The van der Waals surface area contributed by atoms with Gasteiger partial charge in [0.1, 0.15) is 11.6 Å². The number of hydrogen-bond donors (Lipinski definition) is 2. The minimum Gasteiger partial charge on any atom is -0.481 e. The molecule has 1 aliphatic rings. The number of carbonyl (C=O) groups is 2. The fourth-order valence-electron chi connectivity index (χ4n) is 4.68. The van der Waals surface area contributed by atoms with Crippen LogP contribution in [0.3, 0.4) is 0 Å². The van der Waals surface area contributed by atoms with Gasteiger partial charge >= 0.3 is 12.3 Å². The van der Waals surface area contributed by atoms with Crippen molar-refractivity contribution in [2.45, 2.75) is 25.6 Å². The van der Waals surface area contributed by atoms with Crippen molar-refractivity contribution in [2.75, 3.05) is 5.32 Å². The number of benzene rings is 3. The fraction of sp³-hybridized carbons (Fsp3) is 0.222. The zero-order valence-corrected chi connectivity index (χ0v) is 20.4. The molecule has 0 radical (unpaired) electrons. The van der Waals surface area contributed by atoms with Crippen molar-refractivity contribution in [3.8, 4) is 16.9 Å². The molecular formula is C27H20F4N2O4S. The highest BCUT2D eigenvalue weighted by Gasteiger charge is 2.38. The summed E-state index contributed by atoms with van der Waals surface area (Å²) in [7, 11) is 0. The van der Waals surface area contributed by atoms with E-state index in [9.17, 15) is 32.3 Å². The monoisotopic (exact) mass is 544 g/mol. The van der Waals surface area contributed by atoms with Crippen molar-refractivity contribution in [3.63, 3.8) is 0 Å². The van der Waals surface area contributed by atoms with E-state index >= 15 is 0 Å². The van der Waals surface area contributed by atoms with Gasteiger partial charge in [0.15, 0.2) is 10.9 Å². The first-order valence-corrected chi connectivity index (χ1v) is 12.5. The summed E-state index contributed by atoms with van der Waals surface area (Å²) in [5.74, 6) is -3.28. The number of hydrogen-bond acceptors (Lipinski definition) is 6. The van der Waals surface area contributed by atoms with Crippen molar-refractivity contribution in [3.05, 3.63) is 72.0 Å². The fourth-order valence-corrected chi connectivity index (χ4v) is 5.58. The summed E-state index contributed by atoms with van der Waals surface area (Å²) in [6.45, 7) is 0. The second kappa shape index (κ2) is 10.1. The van der Waals surface area contributed by atoms with Crippen LogP contribution in [0.4, 0.5) is 28.4 Å². The topological polar surface area (TPSA) is 88.5 Å². The predicted octanol–water partition coefficient (Wildman–Crippen LogP) is 7.43. The number of nitrogens with one attached hydrogen (secondary N) is 1. The van der Waals surface area contributed by atoms with Crippen LogP contribution >= 0.6 is 11.3 Å². The number of carboxylic acid groups (broad SMARTS) is 1. The van der Waals surface area contributed by atoms with Gasteiger partial charge in [0.25, 0.3) is 0 Å². The Kier molecular flexibility index (Phi) is 6.78. The van der Waals surface area contributed by atoms with Crippen LogP contribution in [0.2, 0.25) is 0 Å². The quantitative estimate of drug-likeness (QED) is 0.186. The first-order chi connectivity index (χ1) is 18.1. The maximum absolute atomic E-state index is 14.9. The summed E-state index contributed by atoms with van der Waals surface area (Å²) >= 11 is 1.05. The molecule has 1 fully saturated rings. The largest absolute Gasteiger partial charge is 0.573 e. The van der Waals surface area contributed by atoms with E-state index < -0.39 is 30.0 Å². The van der Waals surface area contributed by atoms with Crippen LogP contribution in [-0.2, 0) is 4.79 Å². The number of ether oxygens (including phenoxy) is 1. The molecule has 5 rings (SSSR count). The smallest absolute Gasteiger partial charge is 0.481 e. The van der Waals surface area contributed by atoms with Crippen molar-refractivity contribution in [1.82, 2.24) is 4.98 Å². The number of alkyl halides is 3. The van der Waals surface area contributed by atoms with Gasteiger partial charge in [0, 0.05) is 17.5 Å². The van der Waals surface area contributed by atoms with Crippen molar-refractivity contribution < 1.29 is 37.0 Å². The molecule has 0 amide bonds. The van der Waals surface area contributed by atoms with Gasteiger partial charge in [0.05, 0.1) is 21.8 Å². The van der Waals surface area contributed by atoms with Crippen molar-refractivity contribution in [2.24, 2.45) is 11.8 Å². The van der Waals surface area contributed by atoms with Crippen LogP contribution in [0, 0.1) is 17.7 Å². The highest BCUT2D eigenvalue weighted by molar-refractivity contribution is 7.22. The van der Waals surface area contributed by atoms with Gasteiger partial charge in [-0.1, -0.05) is 48.1 Å². The zero-order valence-electron chi connectivity index (χ0n) is 19.6. The van der Waals surface area contributed by atoms with Crippen LogP contribution in [-0.4, -0.2) is 28.2 Å². The van der Waals surface area contributed by atoms with Gasteiger partial charge in [-0.15, -0.1) is 13.2 Å². The minimum atomic E-state index is -4.81. The minimum absolute atomic E-state index is 0.132. The summed E-state index contributed by atoms with van der Waals surface area (Å²) in [6.07, 6.45) is -3.06. The average Bonchev–Trinajstić information content (AvgIpc) is 3.51. The molecule has 11 heteroatoms. The van der Waals surface area contributed by atoms with Gasteiger partial charge in [-0.2, -0.15) is 0 Å². The first kappa shape index (κ1) is 25.7. The Morgan fingerprint density at radius 3 is 2.37 bits per heavy atom. The number of aliphatic carboxylic acids is 1. The second-order valence-corrected chi connectivity index (χ2v) is 9.97. The Morgan fingerprint density at radius 2 is 1.68 bits per heavy atom. The highest BCUT2D eigenvalue weighted by Crippen LogP contribution is 2.36. The first-order valence-electron chi connectivity index (χ1n) is 11.7. The number of thiazole rings is 1. The molecular weight excluding hydrogens is 524 g/mol. The molecule has 3 aromatic carbocycles. The van der Waals surface area contributed by atoms with E-state index in [1.165, 1.54) is 24.3 Å². The number of halogens is 4. The molecule has 2 atom stereocenters. The summed E-state index contributed by atoms with van der Waals surface area (Å²) in [5, 5.41) is 12.5. The zero-order chi connectivity index (χ0) is 27.0. The molecule has 0 saturated heterocycles. The Labute approximate surface area is 217 Å². The molecule has 1 unspecified atom stereocenters. The van der Waals surface area contributed by atoms with E-state index in [0.29, 0.717) is 51.3 Å². The van der Waals surface area contributed by atoms with E-state index in [2.05, 4.69) is 15.0 Å². The van der Waals surface area contributed by atoms with Crippen LogP contribution in [0.5, 0.6) is 5.75 Å². The van der Waals surface area contributed by atoms with E-state index in [-0.39, 0.29) is 17.2 Å². The van der Waals surface area contributed by atoms with Gasteiger partial charge in [0.2, 0.25) is 0 Å². The Hall–Kier alpha value is -3.99. The van der Waals surface area contributed by atoms with Gasteiger partial charge in [-0.25, -0.2) is 9.37 Å². The van der Waals surface area contributed by atoms with Crippen molar-refractivity contribution >= 4 is 44.1 Å². The van der Waals surface area contributed by atoms with Crippen LogP contribution in [0.15, 0.2) is 60.7 Å². The number of fused-ring (bicyclic) bond motifs is 1. The number of carboxylic acids is 1. The number of Topliss-reactive ketones (excluding diaryl/α,β-unsaturated/α-hetero) is 1. The molecule has 0 spiro atoms. The number of aromatic nitrogens is 1. The lowest BCUT2D eigenvalue weighted by molar-refractivity contribution is -0.274.